The molecule has 0 aromatic heterocycles. The number of hydrogen-bond donors (Lipinski definition) is 0. The van der Waals surface area contributed by atoms with Crippen LogP contribution in [-0.2, 0) is 25.7 Å². The smallest absolute Gasteiger partial charge is 0.0561 e. The highest BCUT2D eigenvalue weighted by atomic mass is 28.3. The fraction of sp³-hybridized carbons (Fsp3) is 0.545. The normalized spacial score (nSPS) is 24.9. The molecule has 2 aromatic rings. The molecule has 0 N–H and O–H groups in total. The van der Waals surface area contributed by atoms with E-state index in [9.17, 15) is 0 Å². The predicted molar refractivity (Wildman–Crippen MR) is 227 cm³/mol. The van der Waals surface area contributed by atoms with Crippen LogP contribution >= 0.6 is 0 Å². The Morgan fingerprint density at radius 2 is 0.458 bits per heavy atom. The van der Waals surface area contributed by atoms with Gasteiger partial charge in [-0.05, 0) is 95.8 Å². The van der Waals surface area contributed by atoms with E-state index < -0.39 is 32.3 Å². The van der Waals surface area contributed by atoms with E-state index >= 15 is 0 Å². The van der Waals surface area contributed by atoms with Crippen LogP contribution in [0.3, 0.4) is 0 Å². The Labute approximate surface area is 300 Å². The van der Waals surface area contributed by atoms with Crippen LogP contribution in [0.2, 0.25) is 101 Å². The molecule has 10 aliphatic carbocycles. The fourth-order valence-electron chi connectivity index (χ4n) is 8.78. The third-order valence-electron chi connectivity index (χ3n) is 11.7. The van der Waals surface area contributed by atoms with E-state index in [1.807, 2.05) is 0 Å². The maximum Gasteiger partial charge on any atom is 0.0561 e. The first kappa shape index (κ1) is 37.5. The molecule has 0 aliphatic heterocycles. The first-order valence-electron chi connectivity index (χ1n) is 19.3. The number of aryl methyl sites for hydroxylation is 4. The van der Waals surface area contributed by atoms with Crippen molar-refractivity contribution in [2.24, 2.45) is 0 Å². The van der Waals surface area contributed by atoms with Crippen LogP contribution < -0.4 is 0 Å². The molecule has 8 bridgehead atoms. The minimum absolute atomic E-state index is 0.747. The molecule has 48 heavy (non-hydrogen) atoms. The predicted octanol–water partition coefficient (Wildman–Crippen LogP) is 13.7. The van der Waals surface area contributed by atoms with Crippen molar-refractivity contribution in [1.29, 1.82) is 0 Å². The van der Waals surface area contributed by atoms with Gasteiger partial charge < -0.3 is 0 Å². The van der Waals surface area contributed by atoms with Gasteiger partial charge >= 0.3 is 0 Å². The van der Waals surface area contributed by atoms with Crippen molar-refractivity contribution in [2.45, 2.75) is 152 Å². The second-order valence-electron chi connectivity index (χ2n) is 20.0. The molecule has 10 aliphatic rings. The summed E-state index contributed by atoms with van der Waals surface area (Å²) in [6.45, 7) is 30.6. The zero-order chi connectivity index (χ0) is 35.1. The minimum atomic E-state index is -1.22. The third-order valence-corrected chi connectivity index (χ3v) is 21.3. The monoisotopic (exact) mass is 708 g/mol. The van der Waals surface area contributed by atoms with Crippen LogP contribution in [0, 0.1) is 0 Å². The average molecular weight is 709 g/mol. The first-order chi connectivity index (χ1) is 22.3. The van der Waals surface area contributed by atoms with Gasteiger partial charge in [0.2, 0.25) is 0 Å². The van der Waals surface area contributed by atoms with Gasteiger partial charge in [-0.25, -0.2) is 0 Å². The molecule has 0 amide bonds. The Kier molecular flexibility index (Phi) is 11.3. The van der Waals surface area contributed by atoms with Gasteiger partial charge in [0.05, 0.1) is 32.3 Å². The van der Waals surface area contributed by atoms with E-state index in [0.29, 0.717) is 0 Å². The topological polar surface area (TPSA) is 0 Å². The molecule has 0 fully saturated rings. The van der Waals surface area contributed by atoms with Crippen molar-refractivity contribution in [1.82, 2.24) is 0 Å². The fourth-order valence-corrected chi connectivity index (χ4v) is 17.0. The summed E-state index contributed by atoms with van der Waals surface area (Å²) in [5.41, 5.74) is 16.1. The van der Waals surface area contributed by atoms with Crippen molar-refractivity contribution in [2.75, 3.05) is 0 Å². The van der Waals surface area contributed by atoms with E-state index in [-0.39, 0.29) is 0 Å². The van der Waals surface area contributed by atoms with Gasteiger partial charge in [-0.15, -0.1) is 0 Å². The van der Waals surface area contributed by atoms with E-state index in [0.717, 1.165) is 22.2 Å². The highest BCUT2D eigenvalue weighted by Gasteiger charge is 2.38. The lowest BCUT2D eigenvalue weighted by Gasteiger charge is -2.40. The van der Waals surface area contributed by atoms with Gasteiger partial charge in [0.25, 0.3) is 0 Å². The van der Waals surface area contributed by atoms with Crippen molar-refractivity contribution in [3.63, 3.8) is 0 Å². The van der Waals surface area contributed by atoms with Gasteiger partial charge in [-0.2, -0.15) is 0 Å². The van der Waals surface area contributed by atoms with Crippen LogP contribution in [0.1, 0.15) is 47.9 Å². The zero-order valence-electron chi connectivity index (χ0n) is 32.9. The summed E-state index contributed by atoms with van der Waals surface area (Å²) in [4.78, 5) is 0. The van der Waals surface area contributed by atoms with Crippen LogP contribution in [0.4, 0.5) is 0 Å². The van der Waals surface area contributed by atoms with Crippen LogP contribution in [-0.4, -0.2) is 32.3 Å². The Hall–Kier alpha value is -1.73. The van der Waals surface area contributed by atoms with Crippen LogP contribution in [0.15, 0.2) is 95.1 Å². The lowest BCUT2D eigenvalue weighted by Crippen LogP contribution is -2.35. The number of benzene rings is 2. The lowest BCUT2D eigenvalue weighted by molar-refractivity contribution is 0.812. The molecule has 12 rings (SSSR count). The van der Waals surface area contributed by atoms with Gasteiger partial charge in [0.1, 0.15) is 0 Å². The third kappa shape index (κ3) is 9.33. The molecule has 4 atom stereocenters. The molecule has 0 radical (unpaired) electrons. The van der Waals surface area contributed by atoms with E-state index in [4.69, 9.17) is 0 Å². The number of hydrogen-bond acceptors (Lipinski definition) is 0. The molecular weight excluding hydrogens is 641 g/mol. The Balaban J connectivity index is 0.000000188. The Morgan fingerprint density at radius 3 is 0.604 bits per heavy atom. The van der Waals surface area contributed by atoms with Crippen molar-refractivity contribution < 1.29 is 0 Å². The van der Waals surface area contributed by atoms with Gasteiger partial charge in [-0.1, -0.05) is 174 Å². The highest BCUT2D eigenvalue weighted by Crippen LogP contribution is 2.48. The SMILES string of the molecule is C[Si](C)(C)[C@@H]1C=C2CCc3ccc(cc3)CCC1=C[C@H]2[Si](C)(C)C.C[Si](C)(C)[C@H]1C=C2CCc3ccc(cc3)CCC1=C[C@@H]2[Si](C)(C)C. The number of rotatable bonds is 4. The molecule has 2 aromatic carbocycles. The molecule has 0 spiro atoms. The molecule has 4 heteroatoms. The minimum Gasteiger partial charge on any atom is -0.0806 e. The van der Waals surface area contributed by atoms with E-state index in [1.54, 1.807) is 22.3 Å². The second kappa shape index (κ2) is 14.5. The lowest BCUT2D eigenvalue weighted by atomic mass is 9.89. The maximum atomic E-state index is 2.75. The summed E-state index contributed by atoms with van der Waals surface area (Å²) < 4.78 is 0. The maximum absolute atomic E-state index is 2.75. The molecule has 0 nitrogen and oxygen atoms in total. The molecular formula is C44H68Si4. The Bertz CT molecular complexity index is 1300. The van der Waals surface area contributed by atoms with Crippen molar-refractivity contribution in [3.05, 3.63) is 117 Å². The Morgan fingerprint density at radius 1 is 0.292 bits per heavy atom. The highest BCUT2D eigenvalue weighted by molar-refractivity contribution is 6.81. The summed E-state index contributed by atoms with van der Waals surface area (Å²) in [5, 5.41) is 0. The summed E-state index contributed by atoms with van der Waals surface area (Å²) in [7, 11) is -4.89. The standard InChI is InChI=1S/2C22H34Si2/c2*1-23(2,3)21-15-20-14-12-18-9-7-17(8-10-18)11-13-19(21)16-22(20)24(4,5)6/h2*7-10,15-16,21-22H,11-14H2,1-6H3/t2*21-,22-/m10/s1. The molecule has 0 heterocycles. The average Bonchev–Trinajstić information content (AvgIpc) is 2.97. The quantitative estimate of drug-likeness (QED) is 0.219. The van der Waals surface area contributed by atoms with E-state index in [1.165, 1.54) is 73.6 Å². The largest absolute Gasteiger partial charge is 0.0806 e. The van der Waals surface area contributed by atoms with Crippen LogP contribution in [0.5, 0.6) is 0 Å². The molecule has 0 saturated heterocycles. The number of allylic oxidation sites excluding steroid dienone is 8. The van der Waals surface area contributed by atoms with E-state index in [2.05, 4.69) is 151 Å². The summed E-state index contributed by atoms with van der Waals surface area (Å²) in [6, 6.07) is 18.9. The summed E-state index contributed by atoms with van der Waals surface area (Å²) in [6.07, 6.45) is 20.8. The molecule has 260 valence electrons. The second-order valence-corrected chi connectivity index (χ2v) is 41.4. The van der Waals surface area contributed by atoms with Crippen LogP contribution in [0.25, 0.3) is 0 Å². The van der Waals surface area contributed by atoms with Gasteiger partial charge in [0.15, 0.2) is 0 Å². The molecule has 0 saturated carbocycles. The molecule has 0 unspecified atom stereocenters. The first-order valence-corrected chi connectivity index (χ1v) is 33.6. The van der Waals surface area contributed by atoms with Crippen molar-refractivity contribution in [3.8, 4) is 0 Å². The summed E-state index contributed by atoms with van der Waals surface area (Å²) >= 11 is 0. The van der Waals surface area contributed by atoms with Gasteiger partial charge in [0, 0.05) is 0 Å². The van der Waals surface area contributed by atoms with Crippen molar-refractivity contribution >= 4 is 32.3 Å². The zero-order valence-corrected chi connectivity index (χ0v) is 36.9. The van der Waals surface area contributed by atoms with Gasteiger partial charge in [-0.3, -0.25) is 0 Å². The summed E-state index contributed by atoms with van der Waals surface area (Å²) in [5.74, 6) is 0.